The Kier molecular flexibility index (Phi) is 5.25. The zero-order valence-electron chi connectivity index (χ0n) is 18.2. The summed E-state index contributed by atoms with van der Waals surface area (Å²) in [6, 6.07) is 12.4. The molecule has 0 bridgehead atoms. The number of fused-ring (bicyclic) bond motifs is 3. The number of carbonyl (C=O) groups is 1. The zero-order valence-corrected chi connectivity index (χ0v) is 18.2. The summed E-state index contributed by atoms with van der Waals surface area (Å²) in [5.41, 5.74) is 4.33. The van der Waals surface area contributed by atoms with E-state index in [1.807, 2.05) is 28.7 Å². The van der Waals surface area contributed by atoms with Crippen LogP contribution in [0.25, 0.3) is 27.9 Å². The summed E-state index contributed by atoms with van der Waals surface area (Å²) in [7, 11) is 0. The van der Waals surface area contributed by atoms with E-state index in [1.54, 1.807) is 12.3 Å². The third kappa shape index (κ3) is 4.02. The van der Waals surface area contributed by atoms with Crippen LogP contribution in [-0.4, -0.2) is 32.9 Å². The number of carbonyl (C=O) groups excluding carboxylic acids is 1. The third-order valence-electron chi connectivity index (χ3n) is 5.75. The highest BCUT2D eigenvalue weighted by atomic mass is 19.1. The van der Waals surface area contributed by atoms with Crippen molar-refractivity contribution in [2.75, 3.05) is 11.9 Å². The smallest absolute Gasteiger partial charge is 0.251 e. The number of hydrogen-bond acceptors (Lipinski definition) is 4. The van der Waals surface area contributed by atoms with Crippen molar-refractivity contribution in [2.45, 2.75) is 39.2 Å². The molecule has 32 heavy (non-hydrogen) atoms. The molecule has 5 rings (SSSR count). The molecule has 164 valence electrons. The second-order valence-corrected chi connectivity index (χ2v) is 8.83. The van der Waals surface area contributed by atoms with E-state index in [2.05, 4.69) is 29.5 Å². The van der Waals surface area contributed by atoms with Gasteiger partial charge in [0.2, 0.25) is 0 Å². The second-order valence-electron chi connectivity index (χ2n) is 8.83. The molecule has 1 saturated carbocycles. The van der Waals surface area contributed by atoms with Crippen molar-refractivity contribution in [3.8, 4) is 11.3 Å². The molecule has 1 amide bonds. The number of aromatic nitrogens is 3. The fourth-order valence-corrected chi connectivity index (χ4v) is 3.79. The molecule has 2 aromatic carbocycles. The number of benzene rings is 2. The first kappa shape index (κ1) is 20.4. The summed E-state index contributed by atoms with van der Waals surface area (Å²) in [5.74, 6) is 0.869. The lowest BCUT2D eigenvalue weighted by molar-refractivity contribution is 0.0951. The van der Waals surface area contributed by atoms with Crippen LogP contribution in [0, 0.1) is 11.7 Å². The minimum absolute atomic E-state index is 0.0504. The topological polar surface area (TPSA) is 71.3 Å². The van der Waals surface area contributed by atoms with Crippen LogP contribution in [0.2, 0.25) is 0 Å². The first-order chi connectivity index (χ1) is 15.5. The average Bonchev–Trinajstić information content (AvgIpc) is 3.47. The van der Waals surface area contributed by atoms with Crippen LogP contribution in [0.15, 0.2) is 48.7 Å². The first-order valence-corrected chi connectivity index (χ1v) is 11.1. The third-order valence-corrected chi connectivity index (χ3v) is 5.75. The van der Waals surface area contributed by atoms with Gasteiger partial charge in [0.1, 0.15) is 5.82 Å². The lowest BCUT2D eigenvalue weighted by Crippen LogP contribution is -2.25. The Labute approximate surface area is 185 Å². The highest BCUT2D eigenvalue weighted by molar-refractivity contribution is 5.95. The predicted octanol–water partition coefficient (Wildman–Crippen LogP) is 5.04. The van der Waals surface area contributed by atoms with Gasteiger partial charge in [0.05, 0.1) is 22.9 Å². The van der Waals surface area contributed by atoms with Gasteiger partial charge in [-0.3, -0.25) is 9.20 Å². The molecule has 0 atom stereocenters. The Hall–Kier alpha value is -3.48. The van der Waals surface area contributed by atoms with E-state index in [9.17, 15) is 9.18 Å². The Bertz CT molecular complexity index is 1290. The quantitative estimate of drug-likeness (QED) is 0.430. The predicted molar refractivity (Wildman–Crippen MR) is 124 cm³/mol. The molecule has 2 N–H and O–H groups in total. The summed E-state index contributed by atoms with van der Waals surface area (Å²) in [6.45, 7) is 5.13. The van der Waals surface area contributed by atoms with Gasteiger partial charge in [-0.2, -0.15) is 0 Å². The molecule has 0 spiro atoms. The number of imidazole rings is 1. The van der Waals surface area contributed by atoms with Crippen LogP contribution in [-0.2, 0) is 0 Å². The summed E-state index contributed by atoms with van der Waals surface area (Å²) < 4.78 is 16.1. The number of hydrogen-bond donors (Lipinski definition) is 2. The van der Waals surface area contributed by atoms with Gasteiger partial charge in [0.15, 0.2) is 11.5 Å². The molecular formula is C25H26FN5O. The molecule has 2 heterocycles. The van der Waals surface area contributed by atoms with Crippen LogP contribution in [0.3, 0.4) is 0 Å². The molecular weight excluding hydrogens is 405 g/mol. The minimum Gasteiger partial charge on any atom is -0.367 e. The molecule has 1 aliphatic rings. The molecule has 1 aliphatic carbocycles. The highest BCUT2D eigenvalue weighted by Gasteiger charge is 2.24. The standard InChI is InChI=1S/C25H26FN5O/c1-15(2)11-12-27-23-24-28-14-22(31(24)21-13-18(26)7-10-20(21)30-23)16-3-5-17(6-4-16)25(32)29-19-8-9-19/h3-7,10,13-15,19H,8-9,11-12H2,1-2H3,(H,27,30)(H,29,32). The molecule has 0 saturated heterocycles. The van der Waals surface area contributed by atoms with E-state index in [1.165, 1.54) is 12.1 Å². The number of anilines is 1. The number of rotatable bonds is 7. The van der Waals surface area contributed by atoms with Crippen molar-refractivity contribution >= 4 is 28.4 Å². The van der Waals surface area contributed by atoms with Crippen LogP contribution in [0.4, 0.5) is 10.2 Å². The number of nitrogens with one attached hydrogen (secondary N) is 2. The van der Waals surface area contributed by atoms with Gasteiger partial charge in [-0.05, 0) is 49.4 Å². The van der Waals surface area contributed by atoms with E-state index in [0.717, 1.165) is 37.1 Å². The molecule has 4 aromatic rings. The Balaban J connectivity index is 1.57. The van der Waals surface area contributed by atoms with Crippen molar-refractivity contribution < 1.29 is 9.18 Å². The summed E-state index contributed by atoms with van der Waals surface area (Å²) in [5, 5.41) is 6.40. The number of amides is 1. The molecule has 7 heteroatoms. The van der Waals surface area contributed by atoms with Crippen LogP contribution < -0.4 is 10.6 Å². The van der Waals surface area contributed by atoms with Gasteiger partial charge >= 0.3 is 0 Å². The van der Waals surface area contributed by atoms with Crippen LogP contribution in [0.1, 0.15) is 43.5 Å². The van der Waals surface area contributed by atoms with Crippen molar-refractivity contribution in [1.29, 1.82) is 0 Å². The molecule has 0 aliphatic heterocycles. The van der Waals surface area contributed by atoms with Crippen molar-refractivity contribution in [1.82, 2.24) is 19.7 Å². The van der Waals surface area contributed by atoms with Crippen LogP contribution >= 0.6 is 0 Å². The van der Waals surface area contributed by atoms with Crippen LogP contribution in [0.5, 0.6) is 0 Å². The normalized spacial score (nSPS) is 13.8. The summed E-state index contributed by atoms with van der Waals surface area (Å²) in [6.07, 6.45) is 4.88. The largest absolute Gasteiger partial charge is 0.367 e. The van der Waals surface area contributed by atoms with Gasteiger partial charge in [-0.15, -0.1) is 0 Å². The van der Waals surface area contributed by atoms with Gasteiger partial charge in [0.25, 0.3) is 5.91 Å². The Morgan fingerprint density at radius 3 is 2.69 bits per heavy atom. The lowest BCUT2D eigenvalue weighted by Gasteiger charge is -2.12. The fourth-order valence-electron chi connectivity index (χ4n) is 3.79. The fraction of sp³-hybridized carbons (Fsp3) is 0.320. The SMILES string of the molecule is CC(C)CCNc1nc2ccc(F)cc2n2c(-c3ccc(C(=O)NC4CC4)cc3)cnc12. The first-order valence-electron chi connectivity index (χ1n) is 11.1. The van der Waals surface area contributed by atoms with E-state index in [-0.39, 0.29) is 11.7 Å². The van der Waals surface area contributed by atoms with E-state index >= 15 is 0 Å². The van der Waals surface area contributed by atoms with Crippen molar-refractivity contribution in [2.24, 2.45) is 5.92 Å². The average molecular weight is 432 g/mol. The van der Waals surface area contributed by atoms with E-state index in [4.69, 9.17) is 4.98 Å². The Morgan fingerprint density at radius 1 is 1.19 bits per heavy atom. The number of halogens is 1. The van der Waals surface area contributed by atoms with Gasteiger partial charge in [-0.25, -0.2) is 14.4 Å². The molecule has 6 nitrogen and oxygen atoms in total. The minimum atomic E-state index is -0.326. The van der Waals surface area contributed by atoms with Crippen molar-refractivity contribution in [3.63, 3.8) is 0 Å². The van der Waals surface area contributed by atoms with E-state index in [0.29, 0.717) is 40.0 Å². The maximum atomic E-state index is 14.1. The lowest BCUT2D eigenvalue weighted by atomic mass is 10.1. The van der Waals surface area contributed by atoms with Crippen molar-refractivity contribution in [3.05, 3.63) is 60.0 Å². The van der Waals surface area contributed by atoms with Gasteiger partial charge in [-0.1, -0.05) is 26.0 Å². The maximum Gasteiger partial charge on any atom is 0.251 e. The van der Waals surface area contributed by atoms with E-state index < -0.39 is 0 Å². The molecule has 0 radical (unpaired) electrons. The Morgan fingerprint density at radius 2 is 1.97 bits per heavy atom. The summed E-state index contributed by atoms with van der Waals surface area (Å²) >= 11 is 0. The summed E-state index contributed by atoms with van der Waals surface area (Å²) in [4.78, 5) is 21.6. The highest BCUT2D eigenvalue weighted by Crippen LogP contribution is 2.29. The maximum absolute atomic E-state index is 14.1. The number of nitrogens with zero attached hydrogens (tertiary/aromatic N) is 3. The molecule has 2 aromatic heterocycles. The molecule has 1 fully saturated rings. The van der Waals surface area contributed by atoms with Gasteiger partial charge in [0, 0.05) is 29.8 Å². The van der Waals surface area contributed by atoms with Gasteiger partial charge < -0.3 is 10.6 Å². The molecule has 0 unspecified atom stereocenters. The second kappa shape index (κ2) is 8.22. The monoisotopic (exact) mass is 431 g/mol. The zero-order chi connectivity index (χ0) is 22.2.